The number of hydrogen-bond donors (Lipinski definition) is 2. The number of benzene rings is 1. The smallest absolute Gasteiger partial charge is 0.229 e. The number of hydrogen-bond acceptors (Lipinski definition) is 5. The van der Waals surface area contributed by atoms with Gasteiger partial charge >= 0.3 is 0 Å². The fourth-order valence-electron chi connectivity index (χ4n) is 1.81. The van der Waals surface area contributed by atoms with Gasteiger partial charge in [-0.1, -0.05) is 12.1 Å². The lowest BCUT2D eigenvalue weighted by Gasteiger charge is -2.11. The molecular weight excluding hydrogens is 330 g/mol. The van der Waals surface area contributed by atoms with Crippen LogP contribution in [-0.2, 0) is 0 Å². The summed E-state index contributed by atoms with van der Waals surface area (Å²) in [5.74, 6) is 1.41. The Morgan fingerprint density at radius 1 is 1.19 bits per heavy atom. The zero-order valence-corrected chi connectivity index (χ0v) is 13.9. The molecule has 0 saturated heterocycles. The van der Waals surface area contributed by atoms with E-state index in [0.29, 0.717) is 5.95 Å². The maximum atomic E-state index is 4.46. The van der Waals surface area contributed by atoms with Crippen LogP contribution in [0.3, 0.4) is 0 Å². The van der Waals surface area contributed by atoms with Gasteiger partial charge < -0.3 is 15.5 Å². The third kappa shape index (κ3) is 5.32. The van der Waals surface area contributed by atoms with Crippen LogP contribution >= 0.6 is 15.9 Å². The second-order valence-corrected chi connectivity index (χ2v) is 5.81. The van der Waals surface area contributed by atoms with Gasteiger partial charge in [-0.15, -0.1) is 0 Å². The molecule has 5 nitrogen and oxygen atoms in total. The standard InChI is InChI=1S/C15H20BrN5/c1-21(2)11-5-9-17-14-8-10-18-15(20-14)19-13-7-4-3-6-12(13)16/h3-4,6-8,10H,5,9,11H2,1-2H3,(H2,17,18,19,20). The van der Waals surface area contributed by atoms with Crippen molar-refractivity contribution in [3.05, 3.63) is 41.0 Å². The zero-order valence-electron chi connectivity index (χ0n) is 12.3. The number of para-hydroxylation sites is 1. The van der Waals surface area contributed by atoms with Crippen LogP contribution in [0.5, 0.6) is 0 Å². The molecule has 0 amide bonds. The van der Waals surface area contributed by atoms with E-state index in [1.54, 1.807) is 6.20 Å². The molecule has 0 bridgehead atoms. The molecule has 6 heteroatoms. The van der Waals surface area contributed by atoms with E-state index in [4.69, 9.17) is 0 Å². The summed E-state index contributed by atoms with van der Waals surface area (Å²) in [6.07, 6.45) is 2.82. The summed E-state index contributed by atoms with van der Waals surface area (Å²) < 4.78 is 0.984. The van der Waals surface area contributed by atoms with Crippen molar-refractivity contribution in [2.24, 2.45) is 0 Å². The van der Waals surface area contributed by atoms with E-state index < -0.39 is 0 Å². The molecule has 0 aliphatic rings. The van der Waals surface area contributed by atoms with Gasteiger partial charge in [0.1, 0.15) is 5.82 Å². The van der Waals surface area contributed by atoms with E-state index in [-0.39, 0.29) is 0 Å². The summed E-state index contributed by atoms with van der Waals surface area (Å²) >= 11 is 3.50. The molecule has 112 valence electrons. The Morgan fingerprint density at radius 2 is 2.00 bits per heavy atom. The highest BCUT2D eigenvalue weighted by Crippen LogP contribution is 2.23. The molecule has 2 N–H and O–H groups in total. The highest BCUT2D eigenvalue weighted by molar-refractivity contribution is 9.10. The fourth-order valence-corrected chi connectivity index (χ4v) is 2.20. The van der Waals surface area contributed by atoms with E-state index in [9.17, 15) is 0 Å². The summed E-state index contributed by atoms with van der Waals surface area (Å²) in [5, 5.41) is 6.52. The molecule has 0 aliphatic carbocycles. The van der Waals surface area contributed by atoms with Crippen molar-refractivity contribution in [2.75, 3.05) is 37.8 Å². The van der Waals surface area contributed by atoms with Crippen molar-refractivity contribution in [3.8, 4) is 0 Å². The van der Waals surface area contributed by atoms with Crippen molar-refractivity contribution in [3.63, 3.8) is 0 Å². The lowest BCUT2D eigenvalue weighted by molar-refractivity contribution is 0.405. The third-order valence-corrected chi connectivity index (χ3v) is 3.56. The summed E-state index contributed by atoms with van der Waals surface area (Å²) in [7, 11) is 4.15. The van der Waals surface area contributed by atoms with E-state index in [1.165, 1.54) is 0 Å². The first-order valence-corrected chi connectivity index (χ1v) is 7.67. The van der Waals surface area contributed by atoms with E-state index in [2.05, 4.69) is 55.5 Å². The van der Waals surface area contributed by atoms with Crippen molar-refractivity contribution < 1.29 is 0 Å². The Hall–Kier alpha value is -1.66. The maximum absolute atomic E-state index is 4.46. The summed E-state index contributed by atoms with van der Waals surface area (Å²) in [6.45, 7) is 1.95. The molecule has 2 aromatic rings. The average Bonchev–Trinajstić information content (AvgIpc) is 2.46. The molecule has 0 saturated carbocycles. The highest BCUT2D eigenvalue weighted by atomic mass is 79.9. The monoisotopic (exact) mass is 349 g/mol. The molecule has 2 rings (SSSR count). The van der Waals surface area contributed by atoms with Gasteiger partial charge in [0.05, 0.1) is 5.69 Å². The number of nitrogens with zero attached hydrogens (tertiary/aromatic N) is 3. The van der Waals surface area contributed by atoms with E-state index in [0.717, 1.165) is 35.5 Å². The van der Waals surface area contributed by atoms with Gasteiger partial charge in [0, 0.05) is 17.2 Å². The molecule has 0 aliphatic heterocycles. The van der Waals surface area contributed by atoms with Crippen LogP contribution in [0.1, 0.15) is 6.42 Å². The molecule has 0 radical (unpaired) electrons. The Bertz CT molecular complexity index is 573. The van der Waals surface area contributed by atoms with Gasteiger partial charge in [-0.2, -0.15) is 4.98 Å². The summed E-state index contributed by atoms with van der Waals surface area (Å²) in [4.78, 5) is 10.9. The van der Waals surface area contributed by atoms with Crippen molar-refractivity contribution >= 4 is 33.4 Å². The van der Waals surface area contributed by atoms with Gasteiger partial charge in [-0.25, -0.2) is 4.98 Å². The minimum Gasteiger partial charge on any atom is -0.370 e. The zero-order chi connectivity index (χ0) is 15.1. The van der Waals surface area contributed by atoms with Crippen molar-refractivity contribution in [1.29, 1.82) is 0 Å². The minimum atomic E-state index is 0.583. The molecule has 1 aromatic carbocycles. The molecule has 0 spiro atoms. The van der Waals surface area contributed by atoms with Gasteiger partial charge in [0.25, 0.3) is 0 Å². The summed E-state index contributed by atoms with van der Waals surface area (Å²) in [5.41, 5.74) is 0.947. The van der Waals surface area contributed by atoms with Crippen molar-refractivity contribution in [1.82, 2.24) is 14.9 Å². The summed E-state index contributed by atoms with van der Waals surface area (Å²) in [6, 6.07) is 9.77. The number of anilines is 3. The fraction of sp³-hybridized carbons (Fsp3) is 0.333. The Morgan fingerprint density at radius 3 is 2.76 bits per heavy atom. The molecule has 21 heavy (non-hydrogen) atoms. The van der Waals surface area contributed by atoms with Crippen LogP contribution in [0.15, 0.2) is 41.0 Å². The predicted molar refractivity (Wildman–Crippen MR) is 91.1 cm³/mol. The lowest BCUT2D eigenvalue weighted by Crippen LogP contribution is -2.16. The number of aromatic nitrogens is 2. The first-order valence-electron chi connectivity index (χ1n) is 6.88. The average molecular weight is 350 g/mol. The number of halogens is 1. The normalized spacial score (nSPS) is 10.7. The minimum absolute atomic E-state index is 0.583. The molecule has 1 heterocycles. The quantitative estimate of drug-likeness (QED) is 0.750. The largest absolute Gasteiger partial charge is 0.370 e. The number of rotatable bonds is 7. The van der Waals surface area contributed by atoms with Crippen LogP contribution < -0.4 is 10.6 Å². The van der Waals surface area contributed by atoms with Crippen LogP contribution in [0, 0.1) is 0 Å². The van der Waals surface area contributed by atoms with Gasteiger partial charge in [0.15, 0.2) is 0 Å². The SMILES string of the molecule is CN(C)CCCNc1ccnc(Nc2ccccc2Br)n1. The second-order valence-electron chi connectivity index (χ2n) is 4.95. The Balaban J connectivity index is 1.93. The molecule has 0 atom stereocenters. The predicted octanol–water partition coefficient (Wildman–Crippen LogP) is 3.35. The van der Waals surface area contributed by atoms with Gasteiger partial charge in [-0.3, -0.25) is 0 Å². The second kappa shape index (κ2) is 7.95. The van der Waals surface area contributed by atoms with E-state index >= 15 is 0 Å². The molecular formula is C15H20BrN5. The molecule has 0 fully saturated rings. The Kier molecular flexibility index (Phi) is 5.95. The van der Waals surface area contributed by atoms with Gasteiger partial charge in [-0.05, 0) is 61.2 Å². The highest BCUT2D eigenvalue weighted by Gasteiger charge is 2.02. The van der Waals surface area contributed by atoms with E-state index in [1.807, 2.05) is 30.3 Å². The maximum Gasteiger partial charge on any atom is 0.229 e. The first-order chi connectivity index (χ1) is 10.1. The van der Waals surface area contributed by atoms with Crippen LogP contribution in [0.25, 0.3) is 0 Å². The van der Waals surface area contributed by atoms with Crippen LogP contribution in [-0.4, -0.2) is 42.1 Å². The lowest BCUT2D eigenvalue weighted by atomic mass is 10.3. The van der Waals surface area contributed by atoms with Gasteiger partial charge in [0.2, 0.25) is 5.95 Å². The number of nitrogens with one attached hydrogen (secondary N) is 2. The van der Waals surface area contributed by atoms with Crippen LogP contribution in [0.2, 0.25) is 0 Å². The third-order valence-electron chi connectivity index (χ3n) is 2.86. The van der Waals surface area contributed by atoms with Crippen molar-refractivity contribution in [2.45, 2.75) is 6.42 Å². The molecule has 0 unspecified atom stereocenters. The Labute approximate surface area is 133 Å². The molecule has 1 aromatic heterocycles. The first kappa shape index (κ1) is 15.7. The topological polar surface area (TPSA) is 53.1 Å². The van der Waals surface area contributed by atoms with Crippen LogP contribution in [0.4, 0.5) is 17.5 Å².